The largest absolute Gasteiger partial charge is 0.450 e. The number of rotatable bonds is 3. The van der Waals surface area contributed by atoms with Gasteiger partial charge in [0, 0.05) is 17.1 Å². The first kappa shape index (κ1) is 17.7. The molecule has 4 unspecified atom stereocenters. The first-order valence-electron chi connectivity index (χ1n) is 8.46. The van der Waals surface area contributed by atoms with Crippen molar-refractivity contribution in [1.82, 2.24) is 0 Å². The zero-order valence-electron chi connectivity index (χ0n) is 14.9. The second-order valence-electron chi connectivity index (χ2n) is 7.33. The van der Waals surface area contributed by atoms with Crippen molar-refractivity contribution in [1.29, 1.82) is 0 Å². The van der Waals surface area contributed by atoms with Crippen molar-refractivity contribution in [2.24, 2.45) is 17.3 Å². The van der Waals surface area contributed by atoms with Crippen molar-refractivity contribution in [2.45, 2.75) is 60.0 Å². The van der Waals surface area contributed by atoms with Gasteiger partial charge in [0.25, 0.3) is 0 Å². The molecule has 0 amide bonds. The molecule has 1 saturated carbocycles. The molecule has 0 aliphatic heterocycles. The van der Waals surface area contributed by atoms with Crippen molar-refractivity contribution in [2.75, 3.05) is 0 Å². The number of ketones is 1. The molecule has 3 heteroatoms. The summed E-state index contributed by atoms with van der Waals surface area (Å²) < 4.78 is 5.60. The van der Waals surface area contributed by atoms with Crippen LogP contribution in [-0.2, 0) is 14.3 Å². The number of ether oxygens (including phenoxy) is 1. The lowest BCUT2D eigenvalue weighted by Gasteiger charge is -2.48. The van der Waals surface area contributed by atoms with Crippen LogP contribution in [0.3, 0.4) is 0 Å². The molecule has 0 aromatic rings. The van der Waals surface area contributed by atoms with E-state index in [2.05, 4.69) is 26.5 Å². The van der Waals surface area contributed by atoms with Crippen molar-refractivity contribution >= 4 is 11.8 Å². The van der Waals surface area contributed by atoms with E-state index in [0.29, 0.717) is 11.5 Å². The standard InChI is InChI=1S/C20H28O3/c1-7-13(4)19(22)23-18-15(12(2)3)11-20(6)14(5)9-8-10-16(20)17(18)21/h7,10,14-15,18H,2,8-9,11H2,1,3-6H3. The Morgan fingerprint density at radius 3 is 2.65 bits per heavy atom. The van der Waals surface area contributed by atoms with Gasteiger partial charge < -0.3 is 4.74 Å². The Morgan fingerprint density at radius 1 is 1.43 bits per heavy atom. The topological polar surface area (TPSA) is 43.4 Å². The highest BCUT2D eigenvalue weighted by Crippen LogP contribution is 2.52. The van der Waals surface area contributed by atoms with Crippen molar-refractivity contribution in [3.05, 3.63) is 35.5 Å². The Bertz CT molecular complexity index is 596. The van der Waals surface area contributed by atoms with Crippen LogP contribution in [0.15, 0.2) is 35.5 Å². The summed E-state index contributed by atoms with van der Waals surface area (Å²) in [6.45, 7) is 13.9. The second kappa shape index (κ2) is 6.46. The van der Waals surface area contributed by atoms with E-state index in [9.17, 15) is 9.59 Å². The molecular formula is C20H28O3. The van der Waals surface area contributed by atoms with E-state index in [0.717, 1.165) is 30.4 Å². The third-order valence-corrected chi connectivity index (χ3v) is 5.81. The van der Waals surface area contributed by atoms with Crippen molar-refractivity contribution in [3.63, 3.8) is 0 Å². The molecule has 0 radical (unpaired) electrons. The first-order chi connectivity index (χ1) is 10.7. The average Bonchev–Trinajstić information content (AvgIpc) is 2.50. The number of hydrogen-bond acceptors (Lipinski definition) is 3. The maximum Gasteiger partial charge on any atom is 0.334 e. The van der Waals surface area contributed by atoms with Crippen LogP contribution in [0, 0.1) is 17.3 Å². The molecule has 4 atom stereocenters. The van der Waals surface area contributed by atoms with Gasteiger partial charge in [-0.2, -0.15) is 0 Å². The van der Waals surface area contributed by atoms with Gasteiger partial charge in [0.15, 0.2) is 11.9 Å². The molecule has 0 saturated heterocycles. The summed E-state index contributed by atoms with van der Waals surface area (Å²) in [6.07, 6.45) is 5.85. The molecule has 0 heterocycles. The zero-order chi connectivity index (χ0) is 17.4. The number of esters is 1. The second-order valence-corrected chi connectivity index (χ2v) is 7.33. The maximum absolute atomic E-state index is 13.1. The van der Waals surface area contributed by atoms with E-state index in [1.54, 1.807) is 19.9 Å². The maximum atomic E-state index is 13.1. The van der Waals surface area contributed by atoms with Crippen LogP contribution in [0.1, 0.15) is 53.9 Å². The summed E-state index contributed by atoms with van der Waals surface area (Å²) in [6, 6.07) is 0. The Morgan fingerprint density at radius 2 is 2.09 bits per heavy atom. The molecule has 126 valence electrons. The summed E-state index contributed by atoms with van der Waals surface area (Å²) in [5, 5.41) is 0. The predicted molar refractivity (Wildman–Crippen MR) is 91.8 cm³/mol. The molecule has 0 spiro atoms. The van der Waals surface area contributed by atoms with Crippen molar-refractivity contribution in [3.8, 4) is 0 Å². The summed E-state index contributed by atoms with van der Waals surface area (Å²) in [5.41, 5.74) is 2.15. The monoisotopic (exact) mass is 316 g/mol. The van der Waals surface area contributed by atoms with E-state index < -0.39 is 12.1 Å². The van der Waals surface area contributed by atoms with Crippen LogP contribution in [0.5, 0.6) is 0 Å². The molecule has 0 aromatic heterocycles. The van der Waals surface area contributed by atoms with E-state index in [1.165, 1.54) is 0 Å². The molecule has 3 nitrogen and oxygen atoms in total. The highest BCUT2D eigenvalue weighted by Gasteiger charge is 2.51. The van der Waals surface area contributed by atoms with Gasteiger partial charge in [-0.15, -0.1) is 0 Å². The fourth-order valence-electron chi connectivity index (χ4n) is 3.78. The fraction of sp³-hybridized carbons (Fsp3) is 0.600. The molecule has 23 heavy (non-hydrogen) atoms. The Kier molecular flexibility index (Phi) is 4.98. The van der Waals surface area contributed by atoms with Crippen LogP contribution in [0.2, 0.25) is 0 Å². The summed E-state index contributed by atoms with van der Waals surface area (Å²) >= 11 is 0. The predicted octanol–water partition coefficient (Wildman–Crippen LogP) is 4.39. The van der Waals surface area contributed by atoms with E-state index in [4.69, 9.17) is 4.74 Å². The number of allylic oxidation sites excluding steroid dienone is 2. The lowest BCUT2D eigenvalue weighted by Crippen LogP contribution is -2.50. The molecule has 2 rings (SSSR count). The van der Waals surface area contributed by atoms with Crippen LogP contribution >= 0.6 is 0 Å². The number of carbonyl (C=O) groups excluding carboxylic acids is 2. The Hall–Kier alpha value is -1.64. The smallest absolute Gasteiger partial charge is 0.334 e. The molecule has 1 fully saturated rings. The molecular weight excluding hydrogens is 288 g/mol. The highest BCUT2D eigenvalue weighted by atomic mass is 16.5. The number of carbonyl (C=O) groups is 2. The quantitative estimate of drug-likeness (QED) is 0.440. The normalized spacial score (nSPS) is 34.5. The summed E-state index contributed by atoms with van der Waals surface area (Å²) in [7, 11) is 0. The van der Waals surface area contributed by atoms with Crippen LogP contribution in [0.4, 0.5) is 0 Å². The summed E-state index contributed by atoms with van der Waals surface area (Å²) in [5.74, 6) is -0.109. The summed E-state index contributed by atoms with van der Waals surface area (Å²) in [4.78, 5) is 25.2. The van der Waals surface area contributed by atoms with Gasteiger partial charge in [-0.25, -0.2) is 4.79 Å². The van der Waals surface area contributed by atoms with Crippen LogP contribution in [0.25, 0.3) is 0 Å². The van der Waals surface area contributed by atoms with Gasteiger partial charge in [0.2, 0.25) is 0 Å². The average molecular weight is 316 g/mol. The van der Waals surface area contributed by atoms with Crippen LogP contribution in [-0.4, -0.2) is 17.9 Å². The minimum absolute atomic E-state index is 0.0319. The van der Waals surface area contributed by atoms with Gasteiger partial charge in [-0.3, -0.25) is 4.79 Å². The molecule has 2 aliphatic carbocycles. The van der Waals surface area contributed by atoms with Gasteiger partial charge in [0.1, 0.15) is 0 Å². The number of hydrogen-bond donors (Lipinski definition) is 0. The lowest BCUT2D eigenvalue weighted by molar-refractivity contribution is -0.156. The minimum Gasteiger partial charge on any atom is -0.450 e. The van der Waals surface area contributed by atoms with Gasteiger partial charge in [-0.1, -0.05) is 38.2 Å². The van der Waals surface area contributed by atoms with Crippen LogP contribution < -0.4 is 0 Å². The number of fused-ring (bicyclic) bond motifs is 1. The van der Waals surface area contributed by atoms with E-state index in [1.807, 2.05) is 6.92 Å². The van der Waals surface area contributed by atoms with E-state index >= 15 is 0 Å². The Labute approximate surface area is 139 Å². The molecule has 0 N–H and O–H groups in total. The van der Waals surface area contributed by atoms with E-state index in [-0.39, 0.29) is 17.1 Å². The first-order valence-corrected chi connectivity index (χ1v) is 8.46. The molecule has 0 bridgehead atoms. The van der Waals surface area contributed by atoms with Gasteiger partial charge in [0.05, 0.1) is 0 Å². The lowest BCUT2D eigenvalue weighted by atomic mass is 9.56. The molecule has 0 aromatic carbocycles. The third-order valence-electron chi connectivity index (χ3n) is 5.81. The van der Waals surface area contributed by atoms with Gasteiger partial charge in [-0.05, 0) is 51.4 Å². The number of Topliss-reactive ketones (excluding diaryl/α,β-unsaturated/α-hetero) is 1. The fourth-order valence-corrected chi connectivity index (χ4v) is 3.78. The minimum atomic E-state index is -0.737. The van der Waals surface area contributed by atoms with Gasteiger partial charge >= 0.3 is 5.97 Å². The molecule has 2 aliphatic rings. The third kappa shape index (κ3) is 3.06. The zero-order valence-corrected chi connectivity index (χ0v) is 14.9. The SMILES string of the molecule is C=C(C)C1CC2(C)C(=CCCC2C)C(=O)C1OC(=O)C(C)=CC. The van der Waals surface area contributed by atoms with Crippen molar-refractivity contribution < 1.29 is 14.3 Å². The Balaban J connectivity index is 2.38. The highest BCUT2D eigenvalue weighted by molar-refractivity contribution is 6.03.